The molecule has 156 valence electrons. The predicted molar refractivity (Wildman–Crippen MR) is 117 cm³/mol. The summed E-state index contributed by atoms with van der Waals surface area (Å²) in [7, 11) is 0. The molecule has 2 aliphatic rings. The molecule has 0 spiro atoms. The molecule has 0 unspecified atom stereocenters. The second-order valence-corrected chi connectivity index (χ2v) is 8.74. The number of para-hydroxylation sites is 1. The van der Waals surface area contributed by atoms with Crippen molar-refractivity contribution in [1.29, 1.82) is 0 Å². The summed E-state index contributed by atoms with van der Waals surface area (Å²) in [5.41, 5.74) is 0.643. The minimum Gasteiger partial charge on any atom is -0.506 e. The monoisotopic (exact) mass is 395 g/mol. The molecule has 5 nitrogen and oxygen atoms in total. The van der Waals surface area contributed by atoms with Gasteiger partial charge >= 0.3 is 0 Å². The molecule has 1 amide bonds. The van der Waals surface area contributed by atoms with Crippen molar-refractivity contribution in [3.8, 4) is 5.75 Å². The summed E-state index contributed by atoms with van der Waals surface area (Å²) in [5, 5.41) is 14.3. The van der Waals surface area contributed by atoms with E-state index in [1.54, 1.807) is 6.07 Å². The molecule has 1 saturated carbocycles. The maximum Gasteiger partial charge on any atom is 0.223 e. The SMILES string of the molecule is O=C(NCC1CCCCCCC1)C1CCN(c2ccc3cccc(O)c3n2)CC1. The van der Waals surface area contributed by atoms with Crippen molar-refractivity contribution in [2.45, 2.75) is 57.8 Å². The smallest absolute Gasteiger partial charge is 0.223 e. The number of carbonyl (C=O) groups is 1. The Morgan fingerprint density at radius 1 is 1.00 bits per heavy atom. The fraction of sp³-hybridized carbons (Fsp3) is 0.583. The van der Waals surface area contributed by atoms with Gasteiger partial charge in [0, 0.05) is 30.9 Å². The number of hydrogen-bond donors (Lipinski definition) is 2. The molecule has 2 heterocycles. The number of phenolic OH excluding ortho intramolecular Hbond substituents is 1. The van der Waals surface area contributed by atoms with Gasteiger partial charge in [0.1, 0.15) is 17.1 Å². The third-order valence-corrected chi connectivity index (χ3v) is 6.66. The van der Waals surface area contributed by atoms with Crippen molar-refractivity contribution < 1.29 is 9.90 Å². The Kier molecular flexibility index (Phi) is 6.53. The van der Waals surface area contributed by atoms with Gasteiger partial charge in [-0.15, -0.1) is 0 Å². The summed E-state index contributed by atoms with van der Waals surface area (Å²) >= 11 is 0. The van der Waals surface area contributed by atoms with Crippen LogP contribution >= 0.6 is 0 Å². The molecule has 1 aromatic carbocycles. The average molecular weight is 396 g/mol. The first-order valence-corrected chi connectivity index (χ1v) is 11.3. The minimum absolute atomic E-state index is 0.105. The number of nitrogens with zero attached hydrogens (tertiary/aromatic N) is 2. The molecule has 0 atom stereocenters. The standard InChI is InChI=1S/C24H33N3O2/c28-21-10-6-9-19-11-12-22(26-23(19)21)27-15-13-20(14-16-27)24(29)25-17-18-7-4-2-1-3-5-8-18/h6,9-12,18,20,28H,1-5,7-8,13-17H2,(H,25,29). The number of benzene rings is 1. The number of pyridine rings is 1. The molecule has 0 radical (unpaired) electrons. The minimum atomic E-state index is 0.105. The molecular weight excluding hydrogens is 362 g/mol. The van der Waals surface area contributed by atoms with E-state index in [4.69, 9.17) is 0 Å². The molecule has 2 fully saturated rings. The zero-order valence-corrected chi connectivity index (χ0v) is 17.3. The van der Waals surface area contributed by atoms with Crippen LogP contribution in [0.15, 0.2) is 30.3 Å². The maximum atomic E-state index is 12.7. The molecule has 29 heavy (non-hydrogen) atoms. The highest BCUT2D eigenvalue weighted by Crippen LogP contribution is 2.28. The van der Waals surface area contributed by atoms with E-state index in [1.165, 1.54) is 44.9 Å². The van der Waals surface area contributed by atoms with Crippen molar-refractivity contribution >= 4 is 22.6 Å². The average Bonchev–Trinajstić information content (AvgIpc) is 2.73. The van der Waals surface area contributed by atoms with Crippen molar-refractivity contribution in [1.82, 2.24) is 10.3 Å². The quantitative estimate of drug-likeness (QED) is 0.792. The van der Waals surface area contributed by atoms with Crippen LogP contribution in [0.1, 0.15) is 57.8 Å². The third kappa shape index (κ3) is 5.01. The van der Waals surface area contributed by atoms with Crippen LogP contribution in [-0.2, 0) is 4.79 Å². The van der Waals surface area contributed by atoms with Gasteiger partial charge in [0.15, 0.2) is 0 Å². The topological polar surface area (TPSA) is 65.5 Å². The van der Waals surface area contributed by atoms with Crippen LogP contribution in [0.2, 0.25) is 0 Å². The van der Waals surface area contributed by atoms with Crippen molar-refractivity contribution in [2.24, 2.45) is 11.8 Å². The first kappa shape index (κ1) is 20.0. The first-order chi connectivity index (χ1) is 14.2. The molecule has 1 aliphatic carbocycles. The molecule has 2 N–H and O–H groups in total. The maximum absolute atomic E-state index is 12.7. The number of aromatic nitrogens is 1. The molecule has 4 rings (SSSR count). The van der Waals surface area contributed by atoms with E-state index in [9.17, 15) is 9.90 Å². The van der Waals surface area contributed by atoms with E-state index in [2.05, 4.69) is 15.2 Å². The van der Waals surface area contributed by atoms with Crippen molar-refractivity contribution in [3.63, 3.8) is 0 Å². The van der Waals surface area contributed by atoms with Gasteiger partial charge in [-0.3, -0.25) is 4.79 Å². The zero-order valence-electron chi connectivity index (χ0n) is 17.3. The van der Waals surface area contributed by atoms with E-state index in [1.807, 2.05) is 24.3 Å². The summed E-state index contributed by atoms with van der Waals surface area (Å²) < 4.78 is 0. The van der Waals surface area contributed by atoms with Gasteiger partial charge in [0.05, 0.1) is 0 Å². The number of piperidine rings is 1. The second kappa shape index (κ2) is 9.47. The lowest BCUT2D eigenvalue weighted by molar-refractivity contribution is -0.125. The van der Waals surface area contributed by atoms with Crippen LogP contribution in [0.4, 0.5) is 5.82 Å². The fourth-order valence-electron chi connectivity index (χ4n) is 4.80. The number of carbonyl (C=O) groups excluding carboxylic acids is 1. The lowest BCUT2D eigenvalue weighted by atomic mass is 9.90. The number of hydrogen-bond acceptors (Lipinski definition) is 4. The Hall–Kier alpha value is -2.30. The lowest BCUT2D eigenvalue weighted by Crippen LogP contribution is -2.42. The van der Waals surface area contributed by atoms with Gasteiger partial charge in [0.2, 0.25) is 5.91 Å². The van der Waals surface area contributed by atoms with Crippen molar-refractivity contribution in [2.75, 3.05) is 24.5 Å². The highest BCUT2D eigenvalue weighted by atomic mass is 16.3. The molecule has 5 heteroatoms. The van der Waals surface area contributed by atoms with E-state index < -0.39 is 0 Å². The van der Waals surface area contributed by atoms with E-state index in [-0.39, 0.29) is 17.6 Å². The Morgan fingerprint density at radius 3 is 2.48 bits per heavy atom. The molecule has 0 bridgehead atoms. The van der Waals surface area contributed by atoms with E-state index >= 15 is 0 Å². The summed E-state index contributed by atoms with van der Waals surface area (Å²) in [4.78, 5) is 19.6. The molecular formula is C24H33N3O2. The van der Waals surface area contributed by atoms with E-state index in [0.29, 0.717) is 11.4 Å². The zero-order chi connectivity index (χ0) is 20.1. The molecule has 2 aromatic rings. The van der Waals surface area contributed by atoms with E-state index in [0.717, 1.165) is 43.7 Å². The highest BCUT2D eigenvalue weighted by molar-refractivity contribution is 5.85. The number of aromatic hydroxyl groups is 1. The van der Waals surface area contributed by atoms with Crippen LogP contribution < -0.4 is 10.2 Å². The number of fused-ring (bicyclic) bond motifs is 1. The number of rotatable bonds is 4. The number of nitrogens with one attached hydrogen (secondary N) is 1. The number of amides is 1. The van der Waals surface area contributed by atoms with Gasteiger partial charge in [-0.05, 0) is 49.8 Å². The van der Waals surface area contributed by atoms with Crippen molar-refractivity contribution in [3.05, 3.63) is 30.3 Å². The molecule has 1 aromatic heterocycles. The van der Waals surface area contributed by atoms with Crippen LogP contribution in [0, 0.1) is 11.8 Å². The summed E-state index contributed by atoms with van der Waals surface area (Å²) in [6, 6.07) is 9.48. The number of anilines is 1. The summed E-state index contributed by atoms with van der Waals surface area (Å²) in [6.45, 7) is 2.51. The summed E-state index contributed by atoms with van der Waals surface area (Å²) in [6.07, 6.45) is 10.9. The van der Waals surface area contributed by atoms with Gasteiger partial charge in [-0.2, -0.15) is 0 Å². The Labute approximate surface area is 173 Å². The lowest BCUT2D eigenvalue weighted by Gasteiger charge is -2.32. The fourth-order valence-corrected chi connectivity index (χ4v) is 4.80. The third-order valence-electron chi connectivity index (χ3n) is 6.66. The van der Waals surface area contributed by atoms with Gasteiger partial charge in [-0.1, -0.05) is 44.2 Å². The Morgan fingerprint density at radius 2 is 1.72 bits per heavy atom. The van der Waals surface area contributed by atoms with Gasteiger partial charge < -0.3 is 15.3 Å². The van der Waals surface area contributed by atoms with Gasteiger partial charge in [0.25, 0.3) is 0 Å². The number of phenols is 1. The Bertz CT molecular complexity index is 822. The second-order valence-electron chi connectivity index (χ2n) is 8.74. The highest BCUT2D eigenvalue weighted by Gasteiger charge is 2.26. The normalized spacial score (nSPS) is 19.7. The first-order valence-electron chi connectivity index (χ1n) is 11.3. The van der Waals surface area contributed by atoms with Gasteiger partial charge in [-0.25, -0.2) is 4.98 Å². The largest absolute Gasteiger partial charge is 0.506 e. The predicted octanol–water partition coefficient (Wildman–Crippen LogP) is 4.63. The molecule has 1 aliphatic heterocycles. The summed E-state index contributed by atoms with van der Waals surface area (Å²) in [5.74, 6) is 2.10. The van der Waals surface area contributed by atoms with Crippen LogP contribution in [0.3, 0.4) is 0 Å². The van der Waals surface area contributed by atoms with Crippen LogP contribution in [0.25, 0.3) is 10.9 Å². The Balaban J connectivity index is 1.28. The van der Waals surface area contributed by atoms with Crippen LogP contribution in [0.5, 0.6) is 5.75 Å². The molecule has 1 saturated heterocycles. The van der Waals surface area contributed by atoms with Crippen LogP contribution in [-0.4, -0.2) is 35.6 Å².